The van der Waals surface area contributed by atoms with Gasteiger partial charge in [-0.2, -0.15) is 0 Å². The van der Waals surface area contributed by atoms with Crippen molar-refractivity contribution < 1.29 is 9.53 Å². The Morgan fingerprint density at radius 1 is 1.33 bits per heavy atom. The molecule has 3 aromatic rings. The number of hydrogen-bond acceptors (Lipinski definition) is 8. The normalized spacial score (nSPS) is 10.6. The zero-order valence-electron chi connectivity index (χ0n) is 13.0. The van der Waals surface area contributed by atoms with E-state index >= 15 is 0 Å². The van der Waals surface area contributed by atoms with E-state index in [1.54, 1.807) is 12.6 Å². The first-order valence-corrected chi connectivity index (χ1v) is 9.64. The van der Waals surface area contributed by atoms with E-state index in [1.165, 1.54) is 34.4 Å². The molecule has 9 heteroatoms. The van der Waals surface area contributed by atoms with Crippen molar-refractivity contribution in [2.45, 2.75) is 11.3 Å². The van der Waals surface area contributed by atoms with E-state index in [1.807, 2.05) is 31.2 Å². The van der Waals surface area contributed by atoms with Crippen molar-refractivity contribution in [2.24, 2.45) is 0 Å². The number of rotatable bonds is 6. The van der Waals surface area contributed by atoms with Crippen LogP contribution < -0.4 is 10.1 Å². The first-order chi connectivity index (χ1) is 11.7. The Hall–Kier alpha value is -1.97. The van der Waals surface area contributed by atoms with Crippen LogP contribution in [0.3, 0.4) is 0 Å². The van der Waals surface area contributed by atoms with E-state index in [-0.39, 0.29) is 11.7 Å². The number of aromatic nitrogens is 3. The molecule has 6 nitrogen and oxygen atoms in total. The summed E-state index contributed by atoms with van der Waals surface area (Å²) < 4.78 is 5.94. The molecule has 0 unspecified atom stereocenters. The third-order valence-electron chi connectivity index (χ3n) is 3.07. The number of benzene rings is 1. The molecule has 24 heavy (non-hydrogen) atoms. The molecule has 0 spiro atoms. The van der Waals surface area contributed by atoms with E-state index in [9.17, 15) is 4.79 Å². The monoisotopic (exact) mass is 378 g/mol. The number of aryl methyl sites for hydroxylation is 1. The van der Waals surface area contributed by atoms with Gasteiger partial charge in [-0.05, 0) is 31.2 Å². The number of carbonyl (C=O) groups is 1. The van der Waals surface area contributed by atoms with Gasteiger partial charge in [-0.3, -0.25) is 4.79 Å². The van der Waals surface area contributed by atoms with Gasteiger partial charge < -0.3 is 10.1 Å². The standard InChI is InChI=1S/C15H14N4O2S3/c1-9-13(10-3-5-11(21-2)6-4-10)18-14(24-9)17-12(20)7-22-15-19-16-8-23-15/h3-6,8H,7H2,1-2H3,(H,17,18,20). The Balaban J connectivity index is 1.65. The maximum Gasteiger partial charge on any atom is 0.236 e. The fraction of sp³-hybridized carbons (Fsp3) is 0.200. The third-order valence-corrected chi connectivity index (χ3v) is 5.82. The Labute approximate surface area is 151 Å². The molecule has 0 saturated carbocycles. The molecule has 1 aromatic carbocycles. The number of thioether (sulfide) groups is 1. The molecule has 1 amide bonds. The van der Waals surface area contributed by atoms with Crippen LogP contribution in [0.4, 0.5) is 5.13 Å². The molecule has 0 radical (unpaired) electrons. The van der Waals surface area contributed by atoms with Gasteiger partial charge in [0, 0.05) is 10.4 Å². The van der Waals surface area contributed by atoms with E-state index in [0.717, 1.165) is 26.2 Å². The topological polar surface area (TPSA) is 77.0 Å². The third kappa shape index (κ3) is 4.11. The molecule has 0 atom stereocenters. The van der Waals surface area contributed by atoms with Gasteiger partial charge in [0.05, 0.1) is 18.6 Å². The predicted molar refractivity (Wildman–Crippen MR) is 98.1 cm³/mol. The summed E-state index contributed by atoms with van der Waals surface area (Å²) in [6.45, 7) is 1.99. The zero-order valence-corrected chi connectivity index (χ0v) is 15.4. The predicted octanol–water partition coefficient (Wildman–Crippen LogP) is 3.71. The van der Waals surface area contributed by atoms with Crippen LogP contribution in [0.2, 0.25) is 0 Å². The first kappa shape index (κ1) is 16.9. The number of nitrogens with zero attached hydrogens (tertiary/aromatic N) is 3. The van der Waals surface area contributed by atoms with E-state index in [2.05, 4.69) is 20.5 Å². The van der Waals surface area contributed by atoms with Crippen molar-refractivity contribution in [1.82, 2.24) is 15.2 Å². The number of methoxy groups -OCH3 is 1. The molecule has 1 N–H and O–H groups in total. The van der Waals surface area contributed by atoms with Gasteiger partial charge in [0.2, 0.25) is 5.91 Å². The quantitative estimate of drug-likeness (QED) is 0.659. The summed E-state index contributed by atoms with van der Waals surface area (Å²) in [7, 11) is 1.64. The Kier molecular flexibility index (Phi) is 5.44. The van der Waals surface area contributed by atoms with Crippen LogP contribution in [0.5, 0.6) is 5.75 Å². The molecule has 0 saturated heterocycles. The number of amides is 1. The molecule has 0 fully saturated rings. The summed E-state index contributed by atoms with van der Waals surface area (Å²) in [5, 5.41) is 11.1. The number of thiazole rings is 1. The molecule has 2 heterocycles. The van der Waals surface area contributed by atoms with Crippen molar-refractivity contribution in [1.29, 1.82) is 0 Å². The van der Waals surface area contributed by atoms with Crippen LogP contribution in [0.15, 0.2) is 34.1 Å². The largest absolute Gasteiger partial charge is 0.497 e. The lowest BCUT2D eigenvalue weighted by molar-refractivity contribution is -0.113. The van der Waals surface area contributed by atoms with Crippen molar-refractivity contribution in [3.8, 4) is 17.0 Å². The fourth-order valence-corrected chi connectivity index (χ4v) is 4.12. The van der Waals surface area contributed by atoms with Gasteiger partial charge >= 0.3 is 0 Å². The molecule has 3 rings (SSSR count). The zero-order chi connectivity index (χ0) is 16.9. The molecule has 0 aliphatic heterocycles. The minimum absolute atomic E-state index is 0.106. The van der Waals surface area contributed by atoms with Crippen LogP contribution in [-0.4, -0.2) is 34.0 Å². The smallest absolute Gasteiger partial charge is 0.236 e. The lowest BCUT2D eigenvalue weighted by Gasteiger charge is -2.02. The first-order valence-electron chi connectivity index (χ1n) is 6.96. The Bertz CT molecular complexity index is 816. The minimum Gasteiger partial charge on any atom is -0.497 e. The Morgan fingerprint density at radius 3 is 2.79 bits per heavy atom. The van der Waals surface area contributed by atoms with E-state index < -0.39 is 0 Å². The van der Waals surface area contributed by atoms with Crippen LogP contribution >= 0.6 is 34.4 Å². The summed E-state index contributed by atoms with van der Waals surface area (Å²) >= 11 is 4.24. The average Bonchev–Trinajstić information content (AvgIpc) is 3.23. The number of ether oxygens (including phenoxy) is 1. The van der Waals surface area contributed by atoms with E-state index in [0.29, 0.717) is 5.13 Å². The number of nitrogens with one attached hydrogen (secondary N) is 1. The molecule has 0 aliphatic carbocycles. The highest BCUT2D eigenvalue weighted by Gasteiger charge is 2.13. The average molecular weight is 379 g/mol. The van der Waals surface area contributed by atoms with Crippen molar-refractivity contribution in [3.63, 3.8) is 0 Å². The highest BCUT2D eigenvalue weighted by atomic mass is 32.2. The van der Waals surface area contributed by atoms with Crippen LogP contribution in [0, 0.1) is 6.92 Å². The van der Waals surface area contributed by atoms with Gasteiger partial charge in [0.25, 0.3) is 0 Å². The van der Waals surface area contributed by atoms with Crippen molar-refractivity contribution >= 4 is 45.5 Å². The van der Waals surface area contributed by atoms with Gasteiger partial charge in [0.15, 0.2) is 9.47 Å². The van der Waals surface area contributed by atoms with Crippen LogP contribution in [0.25, 0.3) is 11.3 Å². The maximum atomic E-state index is 12.0. The molecule has 0 bridgehead atoms. The van der Waals surface area contributed by atoms with E-state index in [4.69, 9.17) is 4.74 Å². The second-order valence-electron chi connectivity index (χ2n) is 4.69. The number of carbonyl (C=O) groups excluding carboxylic acids is 1. The fourth-order valence-electron chi connectivity index (χ4n) is 1.98. The second-order valence-corrected chi connectivity index (χ2v) is 7.95. The highest BCUT2D eigenvalue weighted by Crippen LogP contribution is 2.31. The summed E-state index contributed by atoms with van der Waals surface area (Å²) in [4.78, 5) is 17.6. The second kappa shape index (κ2) is 7.73. The molecular formula is C15H14N4O2S3. The molecular weight excluding hydrogens is 364 g/mol. The van der Waals surface area contributed by atoms with Crippen molar-refractivity contribution in [3.05, 3.63) is 34.7 Å². The maximum absolute atomic E-state index is 12.0. The molecule has 2 aromatic heterocycles. The minimum atomic E-state index is -0.106. The van der Waals surface area contributed by atoms with Crippen LogP contribution in [-0.2, 0) is 4.79 Å². The van der Waals surface area contributed by atoms with Crippen LogP contribution in [0.1, 0.15) is 4.88 Å². The Morgan fingerprint density at radius 2 is 2.12 bits per heavy atom. The summed E-state index contributed by atoms with van der Waals surface area (Å²) in [6, 6.07) is 7.70. The van der Waals surface area contributed by atoms with Gasteiger partial charge in [-0.1, -0.05) is 23.1 Å². The van der Waals surface area contributed by atoms with Gasteiger partial charge in [-0.15, -0.1) is 21.5 Å². The lowest BCUT2D eigenvalue weighted by Crippen LogP contribution is -2.13. The SMILES string of the molecule is COc1ccc(-c2nc(NC(=O)CSc3nncs3)sc2C)cc1. The highest BCUT2D eigenvalue weighted by molar-refractivity contribution is 8.01. The summed E-state index contributed by atoms with van der Waals surface area (Å²) in [5.41, 5.74) is 3.51. The molecule has 0 aliphatic rings. The number of hydrogen-bond donors (Lipinski definition) is 1. The lowest BCUT2D eigenvalue weighted by atomic mass is 10.1. The van der Waals surface area contributed by atoms with Gasteiger partial charge in [-0.25, -0.2) is 4.98 Å². The molecule has 124 valence electrons. The number of anilines is 1. The van der Waals surface area contributed by atoms with Gasteiger partial charge in [0.1, 0.15) is 11.3 Å². The summed E-state index contributed by atoms with van der Waals surface area (Å²) in [5.74, 6) is 0.977. The summed E-state index contributed by atoms with van der Waals surface area (Å²) in [6.07, 6.45) is 0. The van der Waals surface area contributed by atoms with Crippen molar-refractivity contribution in [2.75, 3.05) is 18.2 Å².